The smallest absolute Gasteiger partial charge is 0.243 e. The number of ether oxygens (including phenoxy) is 3. The highest BCUT2D eigenvalue weighted by Gasteiger charge is 2.17. The van der Waals surface area contributed by atoms with E-state index in [1.165, 1.54) is 21.3 Å². The van der Waals surface area contributed by atoms with Gasteiger partial charge in [0.05, 0.1) is 34.4 Å². The molecule has 0 spiro atoms. The van der Waals surface area contributed by atoms with E-state index in [0.717, 1.165) is 16.1 Å². The molecule has 31 heavy (non-hydrogen) atoms. The van der Waals surface area contributed by atoms with Gasteiger partial charge >= 0.3 is 0 Å². The van der Waals surface area contributed by atoms with Gasteiger partial charge in [0, 0.05) is 33.9 Å². The first kappa shape index (κ1) is 22.1. The molecule has 1 aromatic heterocycles. The molecular formula is C24H24N2O4S. The second kappa shape index (κ2) is 10.4. The Morgan fingerprint density at radius 3 is 2.39 bits per heavy atom. The number of hydrogen-bond acceptors (Lipinski definition) is 6. The van der Waals surface area contributed by atoms with Gasteiger partial charge in [-0.3, -0.25) is 4.79 Å². The van der Waals surface area contributed by atoms with E-state index in [1.807, 2.05) is 46.7 Å². The Bertz CT molecular complexity index is 1050. The first-order valence-electron chi connectivity index (χ1n) is 9.51. The van der Waals surface area contributed by atoms with Gasteiger partial charge in [0.2, 0.25) is 11.7 Å². The van der Waals surface area contributed by atoms with E-state index in [-0.39, 0.29) is 12.5 Å². The van der Waals surface area contributed by atoms with Crippen molar-refractivity contribution in [1.29, 1.82) is 0 Å². The van der Waals surface area contributed by atoms with Gasteiger partial charge in [0.1, 0.15) is 0 Å². The highest BCUT2D eigenvalue weighted by Crippen LogP contribution is 2.39. The number of amides is 1. The Morgan fingerprint density at radius 2 is 1.81 bits per heavy atom. The largest absolute Gasteiger partial charge is 0.493 e. The van der Waals surface area contributed by atoms with E-state index in [2.05, 4.69) is 11.2 Å². The van der Waals surface area contributed by atoms with Crippen LogP contribution in [0.3, 0.4) is 0 Å². The van der Waals surface area contributed by atoms with Crippen molar-refractivity contribution in [2.24, 2.45) is 0 Å². The Morgan fingerprint density at radius 1 is 1.06 bits per heavy atom. The molecule has 1 heterocycles. The standard InChI is InChI=1S/C24H24N2O4S/c1-5-17-8-6-9-19(12-17)26(15-20-10-7-11-31-20)16-23(27)25-18-13-21(28-2)24(30-4)22(14-18)29-3/h1,6-14H,15-16H2,2-4H3,(H,25,27). The average molecular weight is 437 g/mol. The van der Waals surface area contributed by atoms with Crippen LogP contribution in [0.5, 0.6) is 17.2 Å². The third-order valence-corrected chi connectivity index (χ3v) is 5.45. The van der Waals surface area contributed by atoms with Gasteiger partial charge in [-0.2, -0.15) is 0 Å². The van der Waals surface area contributed by atoms with E-state index in [9.17, 15) is 4.79 Å². The highest BCUT2D eigenvalue weighted by atomic mass is 32.1. The summed E-state index contributed by atoms with van der Waals surface area (Å²) < 4.78 is 16.1. The first-order valence-corrected chi connectivity index (χ1v) is 10.4. The number of rotatable bonds is 9. The van der Waals surface area contributed by atoms with Gasteiger partial charge < -0.3 is 24.4 Å². The maximum atomic E-state index is 12.9. The number of terminal acetylenes is 1. The number of methoxy groups -OCH3 is 3. The van der Waals surface area contributed by atoms with Crippen LogP contribution >= 0.6 is 11.3 Å². The van der Waals surface area contributed by atoms with Crippen molar-refractivity contribution >= 4 is 28.6 Å². The molecule has 0 atom stereocenters. The van der Waals surface area contributed by atoms with Crippen LogP contribution in [0.2, 0.25) is 0 Å². The molecule has 6 nitrogen and oxygen atoms in total. The summed E-state index contributed by atoms with van der Waals surface area (Å²) in [5, 5.41) is 4.93. The Balaban J connectivity index is 1.83. The van der Waals surface area contributed by atoms with E-state index >= 15 is 0 Å². The minimum atomic E-state index is -0.183. The van der Waals surface area contributed by atoms with Gasteiger partial charge in [-0.05, 0) is 29.6 Å². The summed E-state index contributed by atoms with van der Waals surface area (Å²) in [5.41, 5.74) is 2.19. The van der Waals surface area contributed by atoms with Gasteiger partial charge in [0.25, 0.3) is 0 Å². The van der Waals surface area contributed by atoms with Crippen molar-refractivity contribution in [2.45, 2.75) is 6.54 Å². The quantitative estimate of drug-likeness (QED) is 0.504. The summed E-state index contributed by atoms with van der Waals surface area (Å²) in [6.45, 7) is 0.733. The zero-order valence-corrected chi connectivity index (χ0v) is 18.5. The van der Waals surface area contributed by atoms with Crippen LogP contribution in [0, 0.1) is 12.3 Å². The number of thiophene rings is 1. The summed E-state index contributed by atoms with van der Waals surface area (Å²) in [6.07, 6.45) is 5.56. The molecule has 0 bridgehead atoms. The zero-order chi connectivity index (χ0) is 22.2. The lowest BCUT2D eigenvalue weighted by atomic mass is 10.2. The first-order chi connectivity index (χ1) is 15.1. The average Bonchev–Trinajstić information content (AvgIpc) is 3.31. The SMILES string of the molecule is C#Cc1cccc(N(CC(=O)Nc2cc(OC)c(OC)c(OC)c2)Cc2cccs2)c1. The number of benzene rings is 2. The summed E-state index contributed by atoms with van der Waals surface area (Å²) in [6, 6.07) is 15.0. The molecule has 3 rings (SSSR count). The topological polar surface area (TPSA) is 60.0 Å². The Hall–Kier alpha value is -3.63. The maximum absolute atomic E-state index is 12.9. The molecule has 0 aliphatic heterocycles. The number of carbonyl (C=O) groups excluding carboxylic acids is 1. The lowest BCUT2D eigenvalue weighted by Crippen LogP contribution is -2.32. The van der Waals surface area contributed by atoms with Crippen molar-refractivity contribution in [2.75, 3.05) is 38.1 Å². The second-order valence-corrected chi connectivity index (χ2v) is 7.62. The minimum absolute atomic E-state index is 0.141. The maximum Gasteiger partial charge on any atom is 0.243 e. The highest BCUT2D eigenvalue weighted by molar-refractivity contribution is 7.09. The molecule has 0 radical (unpaired) electrons. The van der Waals surface area contributed by atoms with Crippen molar-refractivity contribution in [3.8, 4) is 29.6 Å². The Kier molecular flexibility index (Phi) is 7.41. The van der Waals surface area contributed by atoms with Gasteiger partial charge in [-0.25, -0.2) is 0 Å². The molecule has 0 saturated carbocycles. The van der Waals surface area contributed by atoms with Crippen molar-refractivity contribution < 1.29 is 19.0 Å². The third-order valence-electron chi connectivity index (χ3n) is 4.59. The summed E-state index contributed by atoms with van der Waals surface area (Å²) >= 11 is 1.64. The molecule has 0 fully saturated rings. The molecule has 1 amide bonds. The molecule has 160 valence electrons. The predicted molar refractivity (Wildman–Crippen MR) is 124 cm³/mol. The Labute approximate surface area is 186 Å². The fourth-order valence-electron chi connectivity index (χ4n) is 3.15. The summed E-state index contributed by atoms with van der Waals surface area (Å²) in [5.74, 6) is 3.86. The zero-order valence-electron chi connectivity index (χ0n) is 17.7. The summed E-state index contributed by atoms with van der Waals surface area (Å²) in [4.78, 5) is 16.1. The van der Waals surface area contributed by atoms with Gasteiger partial charge in [-0.1, -0.05) is 18.1 Å². The van der Waals surface area contributed by atoms with Crippen LogP contribution in [0.4, 0.5) is 11.4 Å². The second-order valence-electron chi connectivity index (χ2n) is 6.59. The normalized spacial score (nSPS) is 10.1. The monoisotopic (exact) mass is 436 g/mol. The van der Waals surface area contributed by atoms with E-state index in [0.29, 0.717) is 29.5 Å². The number of hydrogen-bond donors (Lipinski definition) is 1. The molecule has 1 N–H and O–H groups in total. The number of nitrogens with zero attached hydrogens (tertiary/aromatic N) is 1. The van der Waals surface area contributed by atoms with Crippen molar-refractivity contribution in [3.05, 3.63) is 64.4 Å². The fourth-order valence-corrected chi connectivity index (χ4v) is 3.87. The van der Waals surface area contributed by atoms with Gasteiger partial charge in [-0.15, -0.1) is 17.8 Å². The van der Waals surface area contributed by atoms with Crippen molar-refractivity contribution in [1.82, 2.24) is 0 Å². The van der Waals surface area contributed by atoms with Gasteiger partial charge in [0.15, 0.2) is 11.5 Å². The minimum Gasteiger partial charge on any atom is -0.493 e. The molecular weight excluding hydrogens is 412 g/mol. The number of anilines is 2. The molecule has 2 aromatic carbocycles. The summed E-state index contributed by atoms with van der Waals surface area (Å²) in [7, 11) is 4.60. The van der Waals surface area contributed by atoms with Crippen LogP contribution in [0.1, 0.15) is 10.4 Å². The van der Waals surface area contributed by atoms with E-state index < -0.39 is 0 Å². The van der Waals surface area contributed by atoms with Crippen molar-refractivity contribution in [3.63, 3.8) is 0 Å². The van der Waals surface area contributed by atoms with E-state index in [4.69, 9.17) is 20.6 Å². The van der Waals surface area contributed by atoms with Crippen LogP contribution in [-0.4, -0.2) is 33.8 Å². The third kappa shape index (κ3) is 5.50. The molecule has 3 aromatic rings. The molecule has 0 unspecified atom stereocenters. The fraction of sp³-hybridized carbons (Fsp3) is 0.208. The van der Waals surface area contributed by atoms with Crippen LogP contribution in [0.15, 0.2) is 53.9 Å². The van der Waals surface area contributed by atoms with Crippen LogP contribution in [-0.2, 0) is 11.3 Å². The molecule has 0 aliphatic carbocycles. The molecule has 0 aliphatic rings. The lowest BCUT2D eigenvalue weighted by Gasteiger charge is -2.24. The number of carbonyl (C=O) groups is 1. The van der Waals surface area contributed by atoms with Crippen LogP contribution < -0.4 is 24.4 Å². The number of nitrogens with one attached hydrogen (secondary N) is 1. The lowest BCUT2D eigenvalue weighted by molar-refractivity contribution is -0.115. The van der Waals surface area contributed by atoms with Crippen LogP contribution in [0.25, 0.3) is 0 Å². The van der Waals surface area contributed by atoms with E-state index in [1.54, 1.807) is 23.5 Å². The molecule has 7 heteroatoms. The predicted octanol–water partition coefficient (Wildman–Crippen LogP) is 4.40. The molecule has 0 saturated heterocycles.